The molecule has 0 atom stereocenters. The van der Waals surface area contributed by atoms with Gasteiger partial charge in [0, 0.05) is 18.0 Å². The van der Waals surface area contributed by atoms with Gasteiger partial charge in [0.15, 0.2) is 0 Å². The van der Waals surface area contributed by atoms with E-state index >= 15 is 0 Å². The molecule has 0 aromatic rings. The van der Waals surface area contributed by atoms with E-state index in [2.05, 4.69) is 0 Å². The second-order valence-electron chi connectivity index (χ2n) is 2.72. The van der Waals surface area contributed by atoms with Crippen LogP contribution in [0, 0.1) is 11.3 Å². The summed E-state index contributed by atoms with van der Waals surface area (Å²) in [5.41, 5.74) is 1.99. The smallest absolute Gasteiger partial charge is 0.0934 e. The van der Waals surface area contributed by atoms with Gasteiger partial charge in [-0.15, -0.1) is 0 Å². The predicted molar refractivity (Wildman–Crippen MR) is 51.0 cm³/mol. The number of hydrogen-bond donors (Lipinski definition) is 0. The van der Waals surface area contributed by atoms with Gasteiger partial charge in [-0.05, 0) is 24.3 Å². The normalized spacial score (nSPS) is 21.3. The fourth-order valence-electron chi connectivity index (χ4n) is 1.34. The lowest BCUT2D eigenvalue weighted by Crippen LogP contribution is -2.17. The van der Waals surface area contributed by atoms with Gasteiger partial charge in [-0.25, -0.2) is 0 Å². The van der Waals surface area contributed by atoms with Crippen molar-refractivity contribution in [3.63, 3.8) is 0 Å². The molecule has 0 saturated heterocycles. The van der Waals surface area contributed by atoms with Crippen LogP contribution in [-0.2, 0) is 0 Å². The summed E-state index contributed by atoms with van der Waals surface area (Å²) in [6, 6.07) is 2.03. The quantitative estimate of drug-likeness (QED) is 0.518. The third kappa shape index (κ3) is 1.32. The maximum absolute atomic E-state index is 8.56. The van der Waals surface area contributed by atoms with Gasteiger partial charge in [0.25, 0.3) is 0 Å². The van der Waals surface area contributed by atoms with Gasteiger partial charge in [-0.3, -0.25) is 0 Å². The molecule has 0 fully saturated rings. The molecule has 0 N–H and O–H groups in total. The highest BCUT2D eigenvalue weighted by molar-refractivity contribution is 5.43. The highest BCUT2D eigenvalue weighted by atomic mass is 15.1. The molecule has 13 heavy (non-hydrogen) atoms. The third-order valence-corrected chi connectivity index (χ3v) is 1.92. The summed E-state index contributed by atoms with van der Waals surface area (Å²) < 4.78 is 0. The number of fused-ring (bicyclic) bond motifs is 1. The standard InChI is InChI=1S/C11H8N2/c12-8-7-11-6-3-5-10-4-1-2-9-13(10)11/h1-7,9H/b11-7+. The number of nitrogens with zero attached hydrogens (tertiary/aromatic N) is 2. The van der Waals surface area contributed by atoms with E-state index in [0.29, 0.717) is 0 Å². The SMILES string of the molecule is N#C/C=C1\C=CC=C2C=CC=CN21. The van der Waals surface area contributed by atoms with Crippen molar-refractivity contribution in [3.05, 3.63) is 60.1 Å². The fourth-order valence-corrected chi connectivity index (χ4v) is 1.34. The molecule has 0 radical (unpaired) electrons. The van der Waals surface area contributed by atoms with Crippen molar-refractivity contribution in [2.75, 3.05) is 0 Å². The number of rotatable bonds is 0. The first kappa shape index (κ1) is 7.63. The summed E-state index contributed by atoms with van der Waals surface area (Å²) in [6.45, 7) is 0. The summed E-state index contributed by atoms with van der Waals surface area (Å²) in [5, 5.41) is 8.56. The van der Waals surface area contributed by atoms with Gasteiger partial charge < -0.3 is 4.90 Å². The van der Waals surface area contributed by atoms with Crippen molar-refractivity contribution < 1.29 is 0 Å². The van der Waals surface area contributed by atoms with E-state index in [-0.39, 0.29) is 0 Å². The molecular formula is C11H8N2. The molecule has 2 aliphatic rings. The first-order valence-electron chi connectivity index (χ1n) is 4.04. The largest absolute Gasteiger partial charge is 0.316 e. The van der Waals surface area contributed by atoms with E-state index in [1.807, 2.05) is 53.6 Å². The molecule has 2 heterocycles. The minimum absolute atomic E-state index is 0.903. The van der Waals surface area contributed by atoms with Crippen LogP contribution in [0.15, 0.2) is 60.1 Å². The van der Waals surface area contributed by atoms with Crippen LogP contribution in [0.5, 0.6) is 0 Å². The first-order valence-corrected chi connectivity index (χ1v) is 4.04. The zero-order chi connectivity index (χ0) is 9.10. The Morgan fingerprint density at radius 2 is 2.15 bits per heavy atom. The Morgan fingerprint density at radius 1 is 1.23 bits per heavy atom. The second-order valence-corrected chi connectivity index (χ2v) is 2.72. The molecule has 0 amide bonds. The lowest BCUT2D eigenvalue weighted by molar-refractivity contribution is 0.603. The van der Waals surface area contributed by atoms with Crippen LogP contribution in [0.25, 0.3) is 0 Å². The number of nitriles is 1. The molecule has 0 aromatic carbocycles. The van der Waals surface area contributed by atoms with Gasteiger partial charge >= 0.3 is 0 Å². The highest BCUT2D eigenvalue weighted by Crippen LogP contribution is 2.22. The third-order valence-electron chi connectivity index (χ3n) is 1.92. The van der Waals surface area contributed by atoms with E-state index < -0.39 is 0 Å². The molecule has 0 aliphatic carbocycles. The molecule has 0 aromatic heterocycles. The van der Waals surface area contributed by atoms with Crippen molar-refractivity contribution in [1.29, 1.82) is 5.26 Å². The van der Waals surface area contributed by atoms with Crippen LogP contribution in [0.2, 0.25) is 0 Å². The number of hydrogen-bond acceptors (Lipinski definition) is 2. The Morgan fingerprint density at radius 3 is 3.00 bits per heavy atom. The van der Waals surface area contributed by atoms with Crippen LogP contribution in [0.3, 0.4) is 0 Å². The lowest BCUT2D eigenvalue weighted by Gasteiger charge is -2.26. The van der Waals surface area contributed by atoms with Gasteiger partial charge in [0.2, 0.25) is 0 Å². The van der Waals surface area contributed by atoms with Gasteiger partial charge in [0.05, 0.1) is 11.8 Å². The molecule has 2 rings (SSSR count). The van der Waals surface area contributed by atoms with Gasteiger partial charge in [0.1, 0.15) is 0 Å². The topological polar surface area (TPSA) is 27.0 Å². The van der Waals surface area contributed by atoms with E-state index in [0.717, 1.165) is 11.4 Å². The summed E-state index contributed by atoms with van der Waals surface area (Å²) >= 11 is 0. The van der Waals surface area contributed by atoms with Crippen LogP contribution in [0.1, 0.15) is 0 Å². The number of allylic oxidation sites excluding steroid dienone is 7. The van der Waals surface area contributed by atoms with Gasteiger partial charge in [-0.2, -0.15) is 5.26 Å². The molecule has 0 unspecified atom stereocenters. The Hall–Kier alpha value is -2.01. The van der Waals surface area contributed by atoms with Crippen LogP contribution in [-0.4, -0.2) is 4.90 Å². The predicted octanol–water partition coefficient (Wildman–Crippen LogP) is 2.23. The van der Waals surface area contributed by atoms with Crippen LogP contribution >= 0.6 is 0 Å². The molecule has 0 saturated carbocycles. The molecule has 2 aliphatic heterocycles. The minimum atomic E-state index is 0.903. The monoisotopic (exact) mass is 168 g/mol. The lowest BCUT2D eigenvalue weighted by atomic mass is 10.1. The summed E-state index contributed by atoms with van der Waals surface area (Å²) in [6.07, 6.45) is 15.3. The zero-order valence-corrected chi connectivity index (χ0v) is 7.01. The first-order chi connectivity index (χ1) is 6.42. The van der Waals surface area contributed by atoms with Crippen LogP contribution < -0.4 is 0 Å². The van der Waals surface area contributed by atoms with Crippen molar-refractivity contribution in [3.8, 4) is 6.07 Å². The summed E-state index contributed by atoms with van der Waals surface area (Å²) in [5.74, 6) is 0. The fraction of sp³-hybridized carbons (Fsp3) is 0. The van der Waals surface area contributed by atoms with E-state index in [1.165, 1.54) is 6.08 Å². The Kier molecular flexibility index (Phi) is 1.85. The Balaban J connectivity index is 2.41. The zero-order valence-electron chi connectivity index (χ0n) is 7.01. The van der Waals surface area contributed by atoms with E-state index in [4.69, 9.17) is 5.26 Å². The molecule has 2 heteroatoms. The molecule has 2 nitrogen and oxygen atoms in total. The average Bonchev–Trinajstić information content (AvgIpc) is 2.19. The Bertz CT molecular complexity index is 400. The maximum Gasteiger partial charge on any atom is 0.0934 e. The van der Waals surface area contributed by atoms with Crippen molar-refractivity contribution in [2.24, 2.45) is 0 Å². The van der Waals surface area contributed by atoms with Crippen molar-refractivity contribution in [2.45, 2.75) is 0 Å². The highest BCUT2D eigenvalue weighted by Gasteiger charge is 2.11. The minimum Gasteiger partial charge on any atom is -0.316 e. The molecule has 0 bridgehead atoms. The van der Waals surface area contributed by atoms with Crippen LogP contribution in [0.4, 0.5) is 0 Å². The van der Waals surface area contributed by atoms with Crippen molar-refractivity contribution in [1.82, 2.24) is 4.90 Å². The molecule has 62 valence electrons. The average molecular weight is 168 g/mol. The second kappa shape index (κ2) is 3.16. The Labute approximate surface area is 77.1 Å². The molecule has 0 spiro atoms. The maximum atomic E-state index is 8.56. The van der Waals surface area contributed by atoms with Gasteiger partial charge in [-0.1, -0.05) is 12.2 Å². The van der Waals surface area contributed by atoms with Crippen molar-refractivity contribution >= 4 is 0 Å². The summed E-state index contributed by atoms with van der Waals surface area (Å²) in [4.78, 5) is 1.98. The summed E-state index contributed by atoms with van der Waals surface area (Å²) in [7, 11) is 0. The molecular weight excluding hydrogens is 160 g/mol. The van der Waals surface area contributed by atoms with E-state index in [9.17, 15) is 0 Å². The van der Waals surface area contributed by atoms with E-state index in [1.54, 1.807) is 0 Å².